The number of anilines is 1. The summed E-state index contributed by atoms with van der Waals surface area (Å²) in [6.45, 7) is 10.5. The van der Waals surface area contributed by atoms with E-state index in [1.54, 1.807) is 0 Å². The summed E-state index contributed by atoms with van der Waals surface area (Å²) in [4.78, 5) is 2.38. The number of nitrogens with one attached hydrogen (secondary N) is 1. The van der Waals surface area contributed by atoms with Gasteiger partial charge < -0.3 is 10.2 Å². The van der Waals surface area contributed by atoms with E-state index in [1.807, 2.05) is 18.2 Å². The lowest BCUT2D eigenvalue weighted by molar-refractivity contribution is 0.316. The van der Waals surface area contributed by atoms with E-state index in [2.05, 4.69) is 59.4 Å². The van der Waals surface area contributed by atoms with Crippen molar-refractivity contribution in [2.75, 3.05) is 31.5 Å². The van der Waals surface area contributed by atoms with E-state index in [9.17, 15) is 0 Å². The lowest BCUT2D eigenvalue weighted by Crippen LogP contribution is -2.28. The molecular formula is C17H24N4. The number of aryl methyl sites for hydroxylation is 1. The van der Waals surface area contributed by atoms with Gasteiger partial charge in [0, 0.05) is 18.7 Å². The summed E-state index contributed by atoms with van der Waals surface area (Å²) >= 11 is 0. The number of benzene rings is 1. The van der Waals surface area contributed by atoms with E-state index in [0.29, 0.717) is 0 Å². The second-order valence-corrected chi connectivity index (χ2v) is 5.08. The van der Waals surface area contributed by atoms with Crippen molar-refractivity contribution in [3.63, 3.8) is 0 Å². The molecule has 0 aliphatic rings. The second kappa shape index (κ2) is 7.74. The molecule has 0 aliphatic carbocycles. The van der Waals surface area contributed by atoms with Crippen LogP contribution in [0.3, 0.4) is 0 Å². The summed E-state index contributed by atoms with van der Waals surface area (Å²) in [5, 5.41) is 12.0. The van der Waals surface area contributed by atoms with Crippen LogP contribution < -0.4 is 5.32 Å². The lowest BCUT2D eigenvalue weighted by Gasteiger charge is -2.18. The molecule has 4 heteroatoms. The zero-order valence-electron chi connectivity index (χ0n) is 13.1. The molecule has 0 radical (unpaired) electrons. The molecule has 1 heterocycles. The van der Waals surface area contributed by atoms with Crippen LogP contribution in [0.1, 0.15) is 19.4 Å². The summed E-state index contributed by atoms with van der Waals surface area (Å²) < 4.78 is 0. The predicted octanol–water partition coefficient (Wildman–Crippen LogP) is 3.21. The molecule has 0 fully saturated rings. The Morgan fingerprint density at radius 1 is 1.05 bits per heavy atom. The molecule has 1 aromatic heterocycles. The Balaban J connectivity index is 1.99. The molecule has 0 saturated heterocycles. The molecule has 2 rings (SSSR count). The first-order valence-corrected chi connectivity index (χ1v) is 7.60. The minimum atomic E-state index is 0.847. The Hall–Kier alpha value is -1.94. The van der Waals surface area contributed by atoms with Gasteiger partial charge in [-0.05, 0) is 31.6 Å². The maximum absolute atomic E-state index is 4.36. The first-order chi connectivity index (χ1) is 10.2. The molecule has 0 unspecified atom stereocenters. The van der Waals surface area contributed by atoms with Crippen molar-refractivity contribution in [1.29, 1.82) is 0 Å². The third kappa shape index (κ3) is 4.26. The van der Waals surface area contributed by atoms with Gasteiger partial charge in [-0.1, -0.05) is 44.2 Å². The van der Waals surface area contributed by atoms with Crippen molar-refractivity contribution < 1.29 is 0 Å². The van der Waals surface area contributed by atoms with E-state index < -0.39 is 0 Å². The Morgan fingerprint density at radius 2 is 1.76 bits per heavy atom. The van der Waals surface area contributed by atoms with Gasteiger partial charge in [0.1, 0.15) is 5.82 Å². The fourth-order valence-electron chi connectivity index (χ4n) is 2.33. The van der Waals surface area contributed by atoms with Crippen molar-refractivity contribution in [1.82, 2.24) is 15.1 Å². The largest absolute Gasteiger partial charge is 0.367 e. The lowest BCUT2D eigenvalue weighted by atomic mass is 10.1. The molecule has 0 amide bonds. The van der Waals surface area contributed by atoms with Crippen LogP contribution in [0, 0.1) is 6.92 Å². The van der Waals surface area contributed by atoms with Gasteiger partial charge in [-0.3, -0.25) is 0 Å². The molecule has 0 saturated carbocycles. The smallest absolute Gasteiger partial charge is 0.148 e. The molecule has 1 N–H and O–H groups in total. The van der Waals surface area contributed by atoms with Crippen molar-refractivity contribution in [3.05, 3.63) is 42.0 Å². The van der Waals surface area contributed by atoms with Crippen LogP contribution in [-0.4, -0.2) is 41.3 Å². The molecule has 2 aromatic rings. The fourth-order valence-corrected chi connectivity index (χ4v) is 2.33. The van der Waals surface area contributed by atoms with Gasteiger partial charge in [-0.15, -0.1) is 10.2 Å². The van der Waals surface area contributed by atoms with Crippen LogP contribution in [0.2, 0.25) is 0 Å². The highest BCUT2D eigenvalue weighted by Crippen LogP contribution is 2.21. The van der Waals surface area contributed by atoms with Gasteiger partial charge in [-0.2, -0.15) is 0 Å². The number of nitrogens with zero attached hydrogens (tertiary/aromatic N) is 3. The molecule has 112 valence electrons. The Morgan fingerprint density at radius 3 is 2.38 bits per heavy atom. The highest BCUT2D eigenvalue weighted by molar-refractivity contribution is 5.63. The van der Waals surface area contributed by atoms with Gasteiger partial charge >= 0.3 is 0 Å². The molecule has 4 nitrogen and oxygen atoms in total. The van der Waals surface area contributed by atoms with Crippen molar-refractivity contribution >= 4 is 5.82 Å². The van der Waals surface area contributed by atoms with Crippen LogP contribution in [0.4, 0.5) is 5.82 Å². The quantitative estimate of drug-likeness (QED) is 0.847. The van der Waals surface area contributed by atoms with E-state index in [4.69, 9.17) is 0 Å². The van der Waals surface area contributed by atoms with E-state index >= 15 is 0 Å². The molecule has 0 atom stereocenters. The zero-order valence-corrected chi connectivity index (χ0v) is 13.1. The van der Waals surface area contributed by atoms with Crippen molar-refractivity contribution in [3.8, 4) is 11.3 Å². The molecule has 1 aromatic carbocycles. The maximum Gasteiger partial charge on any atom is 0.148 e. The van der Waals surface area contributed by atoms with Crippen LogP contribution in [0.5, 0.6) is 0 Å². The van der Waals surface area contributed by atoms with Crippen LogP contribution >= 0.6 is 0 Å². The number of hydrogen-bond acceptors (Lipinski definition) is 4. The van der Waals surface area contributed by atoms with Crippen molar-refractivity contribution in [2.24, 2.45) is 0 Å². The SMILES string of the molecule is CCN(CC)CCNc1cc(C)c(-c2ccccc2)nn1. The van der Waals surface area contributed by atoms with Gasteiger partial charge in [0.05, 0.1) is 5.69 Å². The zero-order chi connectivity index (χ0) is 15.1. The summed E-state index contributed by atoms with van der Waals surface area (Å²) in [7, 11) is 0. The average Bonchev–Trinajstić information content (AvgIpc) is 2.52. The minimum Gasteiger partial charge on any atom is -0.367 e. The average molecular weight is 284 g/mol. The summed E-state index contributed by atoms with van der Waals surface area (Å²) in [5.41, 5.74) is 3.20. The molecular weight excluding hydrogens is 260 g/mol. The topological polar surface area (TPSA) is 41.0 Å². The fraction of sp³-hybridized carbons (Fsp3) is 0.412. The predicted molar refractivity (Wildman–Crippen MR) is 88.5 cm³/mol. The summed E-state index contributed by atoms with van der Waals surface area (Å²) in [5.74, 6) is 0.847. The molecule has 0 spiro atoms. The Bertz CT molecular complexity index is 550. The van der Waals surface area contributed by atoms with Gasteiger partial charge in [0.2, 0.25) is 0 Å². The van der Waals surface area contributed by atoms with E-state index in [1.165, 1.54) is 0 Å². The number of rotatable bonds is 7. The summed E-state index contributed by atoms with van der Waals surface area (Å²) in [6.07, 6.45) is 0. The normalized spacial score (nSPS) is 10.9. The Labute approximate surface area is 127 Å². The third-order valence-electron chi connectivity index (χ3n) is 3.66. The number of aromatic nitrogens is 2. The first-order valence-electron chi connectivity index (χ1n) is 7.60. The van der Waals surface area contributed by atoms with E-state index in [0.717, 1.165) is 48.8 Å². The molecule has 0 bridgehead atoms. The Kier molecular flexibility index (Phi) is 5.69. The third-order valence-corrected chi connectivity index (χ3v) is 3.66. The molecule has 21 heavy (non-hydrogen) atoms. The van der Waals surface area contributed by atoms with Gasteiger partial charge in [0.15, 0.2) is 0 Å². The minimum absolute atomic E-state index is 0.847. The highest BCUT2D eigenvalue weighted by Gasteiger charge is 2.06. The van der Waals surface area contributed by atoms with Crippen LogP contribution in [0.15, 0.2) is 36.4 Å². The summed E-state index contributed by atoms with van der Waals surface area (Å²) in [6, 6.07) is 12.2. The second-order valence-electron chi connectivity index (χ2n) is 5.08. The van der Waals surface area contributed by atoms with Gasteiger partial charge in [0.25, 0.3) is 0 Å². The standard InChI is InChI=1S/C17H24N4/c1-4-21(5-2)12-11-18-16-13-14(3)17(20-19-16)15-9-7-6-8-10-15/h6-10,13H,4-5,11-12H2,1-3H3,(H,18,19). The maximum atomic E-state index is 4.36. The molecule has 0 aliphatic heterocycles. The van der Waals surface area contributed by atoms with Gasteiger partial charge in [-0.25, -0.2) is 0 Å². The van der Waals surface area contributed by atoms with Crippen LogP contribution in [0.25, 0.3) is 11.3 Å². The monoisotopic (exact) mass is 284 g/mol. The number of likely N-dealkylation sites (N-methyl/N-ethyl adjacent to an activating group) is 1. The van der Waals surface area contributed by atoms with Crippen LogP contribution in [-0.2, 0) is 0 Å². The number of hydrogen-bond donors (Lipinski definition) is 1. The van der Waals surface area contributed by atoms with Crippen molar-refractivity contribution in [2.45, 2.75) is 20.8 Å². The highest BCUT2D eigenvalue weighted by atomic mass is 15.2. The first kappa shape index (κ1) is 15.4. The van der Waals surface area contributed by atoms with E-state index in [-0.39, 0.29) is 0 Å².